The monoisotopic (exact) mass is 265 g/mol. The Balaban J connectivity index is 2.24. The summed E-state index contributed by atoms with van der Waals surface area (Å²) < 4.78 is 32.8. The largest absolute Gasteiger partial charge is 0.461 e. The van der Waals surface area contributed by atoms with Gasteiger partial charge in [-0.3, -0.25) is 0 Å². The molecule has 1 aromatic heterocycles. The van der Waals surface area contributed by atoms with Gasteiger partial charge < -0.3 is 9.30 Å². The highest BCUT2D eigenvalue weighted by atomic mass is 19.1. The van der Waals surface area contributed by atoms with Crippen LogP contribution in [0.3, 0.4) is 0 Å². The zero-order chi connectivity index (χ0) is 13.8. The van der Waals surface area contributed by atoms with Crippen LogP contribution in [0.5, 0.6) is 0 Å². The van der Waals surface area contributed by atoms with Crippen LogP contribution in [0, 0.1) is 11.6 Å². The van der Waals surface area contributed by atoms with Crippen molar-refractivity contribution in [2.24, 2.45) is 0 Å². The molecule has 0 N–H and O–H groups in total. The first-order chi connectivity index (χ1) is 9.11. The number of hydrogen-bond acceptors (Lipinski definition) is 2. The van der Waals surface area contributed by atoms with Crippen molar-refractivity contribution < 1.29 is 18.3 Å². The quantitative estimate of drug-likeness (QED) is 0.796. The molecule has 0 saturated heterocycles. The Labute approximate surface area is 109 Å². The first kappa shape index (κ1) is 13.3. The molecule has 0 amide bonds. The molecule has 0 fully saturated rings. The van der Waals surface area contributed by atoms with Gasteiger partial charge in [-0.1, -0.05) is 6.07 Å². The molecule has 0 radical (unpaired) electrons. The van der Waals surface area contributed by atoms with E-state index in [1.165, 1.54) is 12.1 Å². The Bertz CT molecular complexity index is 593. The predicted molar refractivity (Wildman–Crippen MR) is 65.8 cm³/mol. The smallest absolute Gasteiger partial charge is 0.354 e. The lowest BCUT2D eigenvalue weighted by Gasteiger charge is -2.09. The Kier molecular flexibility index (Phi) is 3.94. The van der Waals surface area contributed by atoms with Crippen molar-refractivity contribution in [2.75, 3.05) is 6.61 Å². The summed E-state index contributed by atoms with van der Waals surface area (Å²) in [7, 11) is 0. The second-order valence-electron chi connectivity index (χ2n) is 3.98. The molecule has 0 unspecified atom stereocenters. The van der Waals surface area contributed by atoms with E-state index >= 15 is 0 Å². The van der Waals surface area contributed by atoms with Crippen LogP contribution in [-0.2, 0) is 11.3 Å². The van der Waals surface area contributed by atoms with E-state index in [1.807, 2.05) is 0 Å². The van der Waals surface area contributed by atoms with E-state index in [0.717, 1.165) is 6.07 Å². The molecular formula is C14H13F2NO2. The number of nitrogens with zero attached hydrogens (tertiary/aromatic N) is 1. The van der Waals surface area contributed by atoms with Crippen LogP contribution in [0.25, 0.3) is 0 Å². The van der Waals surface area contributed by atoms with E-state index in [4.69, 9.17) is 4.74 Å². The van der Waals surface area contributed by atoms with Crippen LogP contribution in [0.2, 0.25) is 0 Å². The molecule has 2 aromatic rings. The minimum absolute atomic E-state index is 0.146. The van der Waals surface area contributed by atoms with Crippen molar-refractivity contribution in [1.29, 1.82) is 0 Å². The maximum Gasteiger partial charge on any atom is 0.354 e. The van der Waals surface area contributed by atoms with Crippen LogP contribution in [0.1, 0.15) is 23.0 Å². The number of carbonyl (C=O) groups is 1. The van der Waals surface area contributed by atoms with E-state index in [2.05, 4.69) is 0 Å². The van der Waals surface area contributed by atoms with Gasteiger partial charge in [0.25, 0.3) is 0 Å². The summed E-state index contributed by atoms with van der Waals surface area (Å²) in [6.45, 7) is 2.13. The Morgan fingerprint density at radius 1 is 1.32 bits per heavy atom. The van der Waals surface area contributed by atoms with Crippen molar-refractivity contribution in [3.63, 3.8) is 0 Å². The van der Waals surface area contributed by atoms with Crippen molar-refractivity contribution in [3.8, 4) is 0 Å². The predicted octanol–water partition coefficient (Wildman–Crippen LogP) is 2.99. The summed E-state index contributed by atoms with van der Waals surface area (Å²) in [6, 6.07) is 6.64. The number of aromatic nitrogens is 1. The number of esters is 1. The standard InChI is InChI=1S/C14H13F2NO2/c1-2-19-14(18)13-4-3-7-17(13)9-10-5-6-11(15)8-12(10)16/h3-8H,2,9H2,1H3. The van der Waals surface area contributed by atoms with Gasteiger partial charge in [0, 0.05) is 17.8 Å². The average Bonchev–Trinajstić information content (AvgIpc) is 2.81. The van der Waals surface area contributed by atoms with Crippen LogP contribution >= 0.6 is 0 Å². The Morgan fingerprint density at radius 2 is 2.11 bits per heavy atom. The van der Waals surface area contributed by atoms with Gasteiger partial charge in [0.2, 0.25) is 0 Å². The van der Waals surface area contributed by atoms with Gasteiger partial charge in [-0.15, -0.1) is 0 Å². The van der Waals surface area contributed by atoms with Gasteiger partial charge in [0.15, 0.2) is 0 Å². The van der Waals surface area contributed by atoms with Crippen LogP contribution in [0.4, 0.5) is 8.78 Å². The lowest BCUT2D eigenvalue weighted by Crippen LogP contribution is -2.13. The van der Waals surface area contributed by atoms with Crippen molar-refractivity contribution >= 4 is 5.97 Å². The number of carbonyl (C=O) groups excluding carboxylic acids is 1. The number of hydrogen-bond donors (Lipinski definition) is 0. The third-order valence-electron chi connectivity index (χ3n) is 2.67. The highest BCUT2D eigenvalue weighted by molar-refractivity contribution is 5.87. The zero-order valence-corrected chi connectivity index (χ0v) is 10.4. The minimum Gasteiger partial charge on any atom is -0.461 e. The lowest BCUT2D eigenvalue weighted by molar-refractivity contribution is 0.0514. The number of ether oxygens (including phenoxy) is 1. The van der Waals surface area contributed by atoms with Crippen molar-refractivity contribution in [3.05, 3.63) is 59.4 Å². The molecule has 2 rings (SSSR count). The van der Waals surface area contributed by atoms with Crippen molar-refractivity contribution in [2.45, 2.75) is 13.5 Å². The molecule has 0 aliphatic carbocycles. The van der Waals surface area contributed by atoms with Gasteiger partial charge in [-0.05, 0) is 25.1 Å². The molecular weight excluding hydrogens is 252 g/mol. The maximum absolute atomic E-state index is 13.6. The molecule has 19 heavy (non-hydrogen) atoms. The molecule has 5 heteroatoms. The zero-order valence-electron chi connectivity index (χ0n) is 10.4. The molecule has 0 spiro atoms. The topological polar surface area (TPSA) is 31.2 Å². The SMILES string of the molecule is CCOC(=O)c1cccn1Cc1ccc(F)cc1F. The van der Waals surface area contributed by atoms with E-state index < -0.39 is 17.6 Å². The van der Waals surface area contributed by atoms with Gasteiger partial charge >= 0.3 is 5.97 Å². The molecule has 0 saturated carbocycles. The Hall–Kier alpha value is -2.17. The van der Waals surface area contributed by atoms with Gasteiger partial charge in [0.05, 0.1) is 13.2 Å². The summed E-state index contributed by atoms with van der Waals surface area (Å²) in [4.78, 5) is 11.7. The number of rotatable bonds is 4. The molecule has 0 bridgehead atoms. The highest BCUT2D eigenvalue weighted by Crippen LogP contribution is 2.13. The molecule has 0 aliphatic heterocycles. The lowest BCUT2D eigenvalue weighted by atomic mass is 10.2. The van der Waals surface area contributed by atoms with Gasteiger partial charge in [-0.2, -0.15) is 0 Å². The molecule has 3 nitrogen and oxygen atoms in total. The summed E-state index contributed by atoms with van der Waals surface area (Å²) in [6.07, 6.45) is 1.65. The second-order valence-corrected chi connectivity index (χ2v) is 3.98. The molecule has 0 atom stereocenters. The van der Waals surface area contributed by atoms with E-state index in [9.17, 15) is 13.6 Å². The first-order valence-electron chi connectivity index (χ1n) is 5.88. The van der Waals surface area contributed by atoms with Gasteiger partial charge in [-0.25, -0.2) is 13.6 Å². The summed E-state index contributed by atoms with van der Waals surface area (Å²) >= 11 is 0. The first-order valence-corrected chi connectivity index (χ1v) is 5.88. The molecule has 0 aliphatic rings. The van der Waals surface area contributed by atoms with Crippen LogP contribution in [-0.4, -0.2) is 17.1 Å². The fraction of sp³-hybridized carbons (Fsp3) is 0.214. The number of halogens is 2. The van der Waals surface area contributed by atoms with E-state index in [-0.39, 0.29) is 13.2 Å². The summed E-state index contributed by atoms with van der Waals surface area (Å²) in [5.74, 6) is -1.72. The molecule has 1 heterocycles. The molecule has 100 valence electrons. The Morgan fingerprint density at radius 3 is 2.79 bits per heavy atom. The van der Waals surface area contributed by atoms with E-state index in [0.29, 0.717) is 11.3 Å². The number of benzene rings is 1. The second kappa shape index (κ2) is 5.65. The highest BCUT2D eigenvalue weighted by Gasteiger charge is 2.13. The minimum atomic E-state index is -0.636. The molecule has 1 aromatic carbocycles. The van der Waals surface area contributed by atoms with Crippen molar-refractivity contribution in [1.82, 2.24) is 4.57 Å². The van der Waals surface area contributed by atoms with Gasteiger partial charge in [0.1, 0.15) is 17.3 Å². The maximum atomic E-state index is 13.6. The fourth-order valence-corrected chi connectivity index (χ4v) is 1.78. The normalized spacial score (nSPS) is 10.5. The van der Waals surface area contributed by atoms with Crippen LogP contribution in [0.15, 0.2) is 36.5 Å². The van der Waals surface area contributed by atoms with Crippen LogP contribution < -0.4 is 0 Å². The average molecular weight is 265 g/mol. The third-order valence-corrected chi connectivity index (χ3v) is 2.67. The fourth-order valence-electron chi connectivity index (χ4n) is 1.78. The summed E-state index contributed by atoms with van der Waals surface area (Å²) in [5.41, 5.74) is 0.647. The van der Waals surface area contributed by atoms with E-state index in [1.54, 1.807) is 29.8 Å². The summed E-state index contributed by atoms with van der Waals surface area (Å²) in [5, 5.41) is 0. The third kappa shape index (κ3) is 2.99.